The summed E-state index contributed by atoms with van der Waals surface area (Å²) in [6.07, 6.45) is 1.54. The van der Waals surface area contributed by atoms with Crippen LogP contribution in [0.3, 0.4) is 0 Å². The number of hydrogen-bond acceptors (Lipinski definition) is 3. The van der Waals surface area contributed by atoms with Crippen LogP contribution in [0.2, 0.25) is 5.02 Å². The summed E-state index contributed by atoms with van der Waals surface area (Å²) in [6, 6.07) is 10.8. The first kappa shape index (κ1) is 14.9. The van der Waals surface area contributed by atoms with Gasteiger partial charge in [-0.2, -0.15) is 5.26 Å². The van der Waals surface area contributed by atoms with Crippen LogP contribution in [0.1, 0.15) is 11.1 Å². The lowest BCUT2D eigenvalue weighted by Gasteiger charge is -2.07. The number of halogens is 2. The number of allylic oxidation sites excluding steroid dienone is 1. The molecule has 0 saturated heterocycles. The molecule has 5 heteroatoms. The summed E-state index contributed by atoms with van der Waals surface area (Å²) in [4.78, 5) is 0. The van der Waals surface area contributed by atoms with Crippen molar-refractivity contribution in [2.75, 3.05) is 7.11 Å². The molecule has 2 rings (SSSR count). The average Bonchev–Trinajstić information content (AvgIpc) is 2.48. The summed E-state index contributed by atoms with van der Waals surface area (Å²) in [5.74, 6) is -0.388. The Kier molecular flexibility index (Phi) is 4.46. The molecule has 106 valence electrons. The van der Waals surface area contributed by atoms with Crippen molar-refractivity contribution < 1.29 is 14.2 Å². The Hall–Kier alpha value is -2.51. The number of hydrogen-bond donors (Lipinski definition) is 1. The minimum atomic E-state index is -0.421. The lowest BCUT2D eigenvalue weighted by Crippen LogP contribution is -1.87. The maximum atomic E-state index is 13.2. The first-order valence-electron chi connectivity index (χ1n) is 5.99. The van der Waals surface area contributed by atoms with E-state index < -0.39 is 5.82 Å². The van der Waals surface area contributed by atoms with Gasteiger partial charge in [-0.25, -0.2) is 4.39 Å². The molecule has 2 aromatic rings. The van der Waals surface area contributed by atoms with Crippen LogP contribution in [0.25, 0.3) is 11.6 Å². The van der Waals surface area contributed by atoms with Gasteiger partial charge in [-0.3, -0.25) is 0 Å². The number of aromatic hydroxyl groups is 1. The van der Waals surface area contributed by atoms with Gasteiger partial charge in [-0.1, -0.05) is 23.7 Å². The molecule has 1 N–H and O–H groups in total. The quantitative estimate of drug-likeness (QED) is 0.681. The molecular weight excluding hydrogens is 293 g/mol. The Balaban J connectivity index is 2.51. The molecule has 0 amide bonds. The summed E-state index contributed by atoms with van der Waals surface area (Å²) in [5, 5.41) is 19.0. The summed E-state index contributed by atoms with van der Waals surface area (Å²) in [7, 11) is 1.40. The zero-order valence-electron chi connectivity index (χ0n) is 11.1. The van der Waals surface area contributed by atoms with Crippen molar-refractivity contribution in [3.8, 4) is 17.6 Å². The number of methoxy groups -OCH3 is 1. The zero-order chi connectivity index (χ0) is 15.4. The molecule has 0 bridgehead atoms. The van der Waals surface area contributed by atoms with Gasteiger partial charge in [-0.05, 0) is 41.5 Å². The van der Waals surface area contributed by atoms with E-state index in [1.165, 1.54) is 37.4 Å². The lowest BCUT2D eigenvalue weighted by atomic mass is 10.0. The van der Waals surface area contributed by atoms with Gasteiger partial charge in [0.1, 0.15) is 5.82 Å². The van der Waals surface area contributed by atoms with Crippen molar-refractivity contribution in [1.82, 2.24) is 0 Å². The van der Waals surface area contributed by atoms with Gasteiger partial charge in [0, 0.05) is 0 Å². The molecule has 3 nitrogen and oxygen atoms in total. The molecular formula is C16H11ClFNO2. The molecule has 21 heavy (non-hydrogen) atoms. The highest BCUT2D eigenvalue weighted by atomic mass is 35.5. The number of rotatable bonds is 3. The zero-order valence-corrected chi connectivity index (χ0v) is 11.9. The van der Waals surface area contributed by atoms with Gasteiger partial charge in [0.2, 0.25) is 0 Å². The highest BCUT2D eigenvalue weighted by Crippen LogP contribution is 2.36. The van der Waals surface area contributed by atoms with Crippen molar-refractivity contribution >= 4 is 23.3 Å². The van der Waals surface area contributed by atoms with Gasteiger partial charge in [-0.15, -0.1) is 0 Å². The van der Waals surface area contributed by atoms with E-state index >= 15 is 0 Å². The molecule has 0 saturated carbocycles. The predicted octanol–water partition coefficient (Wildman–Crippen LogP) is 4.26. The van der Waals surface area contributed by atoms with Crippen molar-refractivity contribution in [3.05, 3.63) is 58.4 Å². The topological polar surface area (TPSA) is 53.2 Å². The summed E-state index contributed by atoms with van der Waals surface area (Å²) in [5.41, 5.74) is 1.30. The molecule has 0 spiro atoms. The normalized spacial score (nSPS) is 11.0. The Morgan fingerprint density at radius 1 is 1.38 bits per heavy atom. The van der Waals surface area contributed by atoms with Crippen LogP contribution < -0.4 is 4.74 Å². The van der Waals surface area contributed by atoms with Crippen LogP contribution in [0.15, 0.2) is 36.4 Å². The first-order chi connectivity index (χ1) is 10.0. The van der Waals surface area contributed by atoms with Crippen LogP contribution in [-0.2, 0) is 0 Å². The Labute approximate surface area is 126 Å². The van der Waals surface area contributed by atoms with Crippen LogP contribution in [0, 0.1) is 17.1 Å². The predicted molar refractivity (Wildman–Crippen MR) is 79.6 cm³/mol. The molecule has 0 heterocycles. The van der Waals surface area contributed by atoms with E-state index in [9.17, 15) is 14.8 Å². The molecule has 0 fully saturated rings. The van der Waals surface area contributed by atoms with E-state index in [2.05, 4.69) is 0 Å². The molecule has 2 aromatic carbocycles. The van der Waals surface area contributed by atoms with Gasteiger partial charge >= 0.3 is 0 Å². The number of phenolic OH excluding ortho intramolecular Hbond substituents is 1. The van der Waals surface area contributed by atoms with E-state index in [4.69, 9.17) is 16.3 Å². The Morgan fingerprint density at radius 3 is 2.76 bits per heavy atom. The van der Waals surface area contributed by atoms with E-state index in [-0.39, 0.29) is 22.1 Å². The van der Waals surface area contributed by atoms with E-state index in [1.54, 1.807) is 12.1 Å². The van der Waals surface area contributed by atoms with Crippen LogP contribution in [0.5, 0.6) is 11.5 Å². The van der Waals surface area contributed by atoms with Crippen LogP contribution in [-0.4, -0.2) is 12.2 Å². The van der Waals surface area contributed by atoms with Crippen molar-refractivity contribution in [2.45, 2.75) is 0 Å². The van der Waals surface area contributed by atoms with Crippen LogP contribution in [0.4, 0.5) is 4.39 Å². The van der Waals surface area contributed by atoms with E-state index in [0.29, 0.717) is 11.1 Å². The third kappa shape index (κ3) is 3.33. The Bertz CT molecular complexity index is 750. The molecule has 0 aliphatic rings. The first-order valence-corrected chi connectivity index (χ1v) is 6.37. The SMILES string of the molecule is COc1cc(/C=C(/C#N)c2cccc(F)c2)cc(Cl)c1O. The number of benzene rings is 2. The average molecular weight is 304 g/mol. The molecule has 0 unspecified atom stereocenters. The van der Waals surface area contributed by atoms with Crippen molar-refractivity contribution in [2.24, 2.45) is 0 Å². The highest BCUT2D eigenvalue weighted by molar-refractivity contribution is 6.32. The van der Waals surface area contributed by atoms with Gasteiger partial charge in [0.25, 0.3) is 0 Å². The lowest BCUT2D eigenvalue weighted by molar-refractivity contribution is 0.373. The van der Waals surface area contributed by atoms with Crippen molar-refractivity contribution in [3.63, 3.8) is 0 Å². The minimum absolute atomic E-state index is 0.108. The summed E-state index contributed by atoms with van der Waals surface area (Å²) < 4.78 is 18.2. The van der Waals surface area contributed by atoms with E-state index in [0.717, 1.165) is 0 Å². The summed E-state index contributed by atoms with van der Waals surface area (Å²) >= 11 is 5.89. The Morgan fingerprint density at radius 2 is 2.14 bits per heavy atom. The monoisotopic (exact) mass is 303 g/mol. The second-order valence-electron chi connectivity index (χ2n) is 4.23. The largest absolute Gasteiger partial charge is 0.503 e. The molecule has 0 aliphatic carbocycles. The number of phenols is 1. The molecule has 0 aromatic heterocycles. The van der Waals surface area contributed by atoms with Gasteiger partial charge < -0.3 is 9.84 Å². The van der Waals surface area contributed by atoms with Gasteiger partial charge in [0.05, 0.1) is 23.8 Å². The summed E-state index contributed by atoms with van der Waals surface area (Å²) in [6.45, 7) is 0. The number of nitriles is 1. The van der Waals surface area contributed by atoms with Crippen molar-refractivity contribution in [1.29, 1.82) is 5.26 Å². The molecule has 0 aliphatic heterocycles. The fourth-order valence-electron chi connectivity index (χ4n) is 1.84. The van der Waals surface area contributed by atoms with E-state index in [1.807, 2.05) is 6.07 Å². The molecule has 0 atom stereocenters. The highest BCUT2D eigenvalue weighted by Gasteiger charge is 2.09. The fourth-order valence-corrected chi connectivity index (χ4v) is 2.05. The smallest absolute Gasteiger partial charge is 0.176 e. The standard InChI is InChI=1S/C16H11ClFNO2/c1-21-15-7-10(6-14(17)16(15)20)5-12(9-19)11-3-2-4-13(18)8-11/h2-8,20H,1H3/b12-5-. The number of ether oxygens (including phenoxy) is 1. The fraction of sp³-hybridized carbons (Fsp3) is 0.0625. The molecule has 0 radical (unpaired) electrons. The minimum Gasteiger partial charge on any atom is -0.503 e. The second-order valence-corrected chi connectivity index (χ2v) is 4.64. The maximum Gasteiger partial charge on any atom is 0.176 e. The van der Waals surface area contributed by atoms with Gasteiger partial charge in [0.15, 0.2) is 11.5 Å². The van der Waals surface area contributed by atoms with Crippen LogP contribution >= 0.6 is 11.6 Å². The third-order valence-corrected chi connectivity index (χ3v) is 3.13. The number of nitrogens with zero attached hydrogens (tertiary/aromatic N) is 1. The second kappa shape index (κ2) is 6.29. The maximum absolute atomic E-state index is 13.2. The third-order valence-electron chi connectivity index (χ3n) is 2.84.